The van der Waals surface area contributed by atoms with Crippen LogP contribution in [0.15, 0.2) is 71.2 Å². The van der Waals surface area contributed by atoms with E-state index in [0.29, 0.717) is 5.56 Å². The molecule has 0 radical (unpaired) electrons. The molecule has 19 atom stereocenters. The summed E-state index contributed by atoms with van der Waals surface area (Å²) in [6.07, 6.45) is -27.2. The second-order valence-electron chi connectivity index (χ2n) is 18.1. The minimum atomic E-state index is -2.15. The molecule has 28 heteroatoms. The lowest BCUT2D eigenvalue weighted by Gasteiger charge is -2.42. The second kappa shape index (κ2) is 27.3. The Balaban J connectivity index is 1.18. The minimum absolute atomic E-state index is 0.0229. The summed E-state index contributed by atoms with van der Waals surface area (Å²) in [6, 6.07) is 5.85. The number of carbonyl (C=O) groups excluding carboxylic acids is 5. The molecule has 1 aromatic carbocycles. The van der Waals surface area contributed by atoms with Crippen molar-refractivity contribution >= 4 is 29.8 Å². The Morgan fingerprint density at radius 1 is 0.558 bits per heavy atom. The molecule has 1 aromatic rings. The highest BCUT2D eigenvalue weighted by Gasteiger charge is 2.52. The Labute approximate surface area is 438 Å². The summed E-state index contributed by atoms with van der Waals surface area (Å²) >= 11 is 0. The predicted molar refractivity (Wildman–Crippen MR) is 247 cm³/mol. The number of aromatic hydroxyl groups is 1. The third-order valence-corrected chi connectivity index (χ3v) is 13.3. The monoisotopic (exact) mass is 1100 g/mol. The minimum Gasteiger partial charge on any atom is -0.508 e. The van der Waals surface area contributed by atoms with Crippen LogP contribution in [0.25, 0.3) is 0 Å². The van der Waals surface area contributed by atoms with Crippen LogP contribution in [0.1, 0.15) is 38.7 Å². The van der Waals surface area contributed by atoms with Gasteiger partial charge in [0.2, 0.25) is 18.9 Å². The first-order chi connectivity index (χ1) is 36.7. The number of allylic oxidation sites excluding steroid dienone is 2. The van der Waals surface area contributed by atoms with E-state index in [4.69, 9.17) is 56.8 Å². The molecule has 5 heterocycles. The van der Waals surface area contributed by atoms with Gasteiger partial charge in [-0.15, -0.1) is 0 Å². The highest BCUT2D eigenvalue weighted by Crippen LogP contribution is 2.39. The van der Waals surface area contributed by atoms with Gasteiger partial charge in [0.25, 0.3) is 0 Å². The van der Waals surface area contributed by atoms with Gasteiger partial charge in [0.15, 0.2) is 18.7 Å². The van der Waals surface area contributed by atoms with Gasteiger partial charge in [0.1, 0.15) is 79.5 Å². The number of aliphatic hydroxyl groups excluding tert-OH is 10. The smallest absolute Gasteiger partial charge is 0.337 e. The lowest BCUT2D eigenvalue weighted by Crippen LogP contribution is -2.61. The summed E-state index contributed by atoms with van der Waals surface area (Å²) in [6.45, 7) is 0.520. The highest BCUT2D eigenvalue weighted by atomic mass is 16.8. The van der Waals surface area contributed by atoms with E-state index in [1.807, 2.05) is 0 Å². The molecule has 0 amide bonds. The summed E-state index contributed by atoms with van der Waals surface area (Å²) in [5.74, 6) is -7.79. The zero-order chi connectivity index (χ0) is 56.4. The third-order valence-electron chi connectivity index (χ3n) is 13.3. The van der Waals surface area contributed by atoms with E-state index in [9.17, 15) is 80.1 Å². The molecule has 19 unspecified atom stereocenters. The van der Waals surface area contributed by atoms with Crippen molar-refractivity contribution in [1.29, 1.82) is 0 Å². The number of hydrogen-bond donors (Lipinski definition) is 11. The zero-order valence-electron chi connectivity index (χ0n) is 41.9. The molecular formula is C49H64O28. The topological polar surface area (TPSA) is 419 Å². The van der Waals surface area contributed by atoms with E-state index < -0.39 is 179 Å². The van der Waals surface area contributed by atoms with Crippen molar-refractivity contribution in [2.24, 2.45) is 11.8 Å². The summed E-state index contributed by atoms with van der Waals surface area (Å²) in [5.41, 5.74) is 0.208. The number of carbonyl (C=O) groups is 5. The van der Waals surface area contributed by atoms with Crippen LogP contribution in [0.4, 0.5) is 0 Å². The average Bonchev–Trinajstić information content (AvgIpc) is 3.42. The lowest BCUT2D eigenvalue weighted by molar-refractivity contribution is -0.327. The van der Waals surface area contributed by atoms with Crippen LogP contribution in [-0.4, -0.2) is 225 Å². The Morgan fingerprint density at radius 3 is 1.47 bits per heavy atom. The molecule has 3 fully saturated rings. The summed E-state index contributed by atoms with van der Waals surface area (Å²) in [7, 11) is 2.10. The van der Waals surface area contributed by atoms with Crippen LogP contribution in [-0.2, 0) is 87.2 Å². The van der Waals surface area contributed by atoms with E-state index in [-0.39, 0.29) is 40.9 Å². The maximum absolute atomic E-state index is 14.0. The van der Waals surface area contributed by atoms with Gasteiger partial charge < -0.3 is 113 Å². The molecular weight excluding hydrogens is 1040 g/mol. The molecule has 0 aromatic heterocycles. The van der Waals surface area contributed by atoms with Crippen LogP contribution in [0.5, 0.6) is 5.75 Å². The van der Waals surface area contributed by atoms with Crippen LogP contribution < -0.4 is 0 Å². The van der Waals surface area contributed by atoms with Gasteiger partial charge in [-0.05, 0) is 38.0 Å². The largest absolute Gasteiger partial charge is 0.508 e. The van der Waals surface area contributed by atoms with Crippen molar-refractivity contribution in [2.45, 2.75) is 144 Å². The van der Waals surface area contributed by atoms with Gasteiger partial charge in [0, 0.05) is 29.4 Å². The molecule has 0 saturated carbocycles. The molecule has 28 nitrogen and oxygen atoms in total. The number of esters is 5. The Kier molecular flexibility index (Phi) is 21.5. The molecule has 0 spiro atoms. The standard InChI is InChI=1S/C49H64O28/c1-5-22-24(26(43(64)66-3)17-69-45(22)76-47-40(62)37(59)34(56)28(15-50)71-47)13-32(54)68-19-30-36(58)39(61)42(49(73-30)75-31(53)12-9-20-7-10-21(52)11-8-20)74-33(55)14-25-23(6-2)46(70-18-27(25)44(65)67-4)77-48-41(63)38(60)35(57)29(16-51)72-48/h5-8,10-11,17-18,24-25,28-30,34-42,45-52,56-63H,9,12-16,19H2,1-4H3. The normalized spacial score (nSPS) is 36.3. The molecule has 6 rings (SSSR count). The number of aryl methyl sites for hydroxylation is 1. The first kappa shape index (κ1) is 60.6. The van der Waals surface area contributed by atoms with Crippen molar-refractivity contribution in [1.82, 2.24) is 0 Å². The Bertz CT molecular complexity index is 2330. The fourth-order valence-corrected chi connectivity index (χ4v) is 8.98. The molecule has 5 aliphatic rings. The van der Waals surface area contributed by atoms with Gasteiger partial charge in [-0.1, -0.05) is 24.3 Å². The van der Waals surface area contributed by atoms with E-state index in [0.717, 1.165) is 26.7 Å². The van der Waals surface area contributed by atoms with E-state index in [1.165, 1.54) is 50.3 Å². The number of rotatable bonds is 19. The number of ether oxygens (including phenoxy) is 12. The van der Waals surface area contributed by atoms with Crippen molar-refractivity contribution in [3.63, 3.8) is 0 Å². The molecule has 5 aliphatic heterocycles. The van der Waals surface area contributed by atoms with Crippen molar-refractivity contribution < 1.29 is 137 Å². The van der Waals surface area contributed by atoms with Crippen molar-refractivity contribution in [3.05, 3.63) is 76.8 Å². The highest BCUT2D eigenvalue weighted by molar-refractivity contribution is 5.91. The summed E-state index contributed by atoms with van der Waals surface area (Å²) in [4.78, 5) is 67.1. The quantitative estimate of drug-likeness (QED) is 0.0359. The van der Waals surface area contributed by atoms with Crippen LogP contribution in [0.3, 0.4) is 0 Å². The molecule has 77 heavy (non-hydrogen) atoms. The van der Waals surface area contributed by atoms with Crippen molar-refractivity contribution in [3.8, 4) is 5.75 Å². The first-order valence-electron chi connectivity index (χ1n) is 24.2. The fraction of sp³-hybridized carbons (Fsp3) is 0.612. The van der Waals surface area contributed by atoms with E-state index in [2.05, 4.69) is 0 Å². The van der Waals surface area contributed by atoms with Gasteiger partial charge in [-0.2, -0.15) is 0 Å². The van der Waals surface area contributed by atoms with Gasteiger partial charge in [-0.25, -0.2) is 9.59 Å². The number of phenols is 1. The Morgan fingerprint density at radius 2 is 1.01 bits per heavy atom. The number of benzene rings is 1. The summed E-state index contributed by atoms with van der Waals surface area (Å²) in [5, 5.41) is 114. The van der Waals surface area contributed by atoms with E-state index >= 15 is 0 Å². The lowest BCUT2D eigenvalue weighted by atomic mass is 9.86. The average molecular weight is 1100 g/mol. The number of hydrogen-bond acceptors (Lipinski definition) is 28. The van der Waals surface area contributed by atoms with Crippen LogP contribution >= 0.6 is 0 Å². The maximum atomic E-state index is 14.0. The van der Waals surface area contributed by atoms with Crippen LogP contribution in [0.2, 0.25) is 0 Å². The zero-order valence-corrected chi connectivity index (χ0v) is 41.9. The SMILES string of the molecule is CC=C1C(OC2OC(CO)C(O)C(O)C2O)OC=C(C(=O)OC)C1CC(=O)OCC1OC(OC(=O)CCc2ccc(O)cc2)C(OC(=O)CC2C(C(=O)OC)=COC(OC3OC(CO)C(O)C(O)C3O)C2=CC)C(O)C1O. The molecule has 428 valence electrons. The van der Waals surface area contributed by atoms with Crippen molar-refractivity contribution in [2.75, 3.05) is 34.0 Å². The molecule has 0 aliphatic carbocycles. The number of aliphatic hydroxyl groups is 10. The molecule has 11 N–H and O–H groups in total. The fourth-order valence-electron chi connectivity index (χ4n) is 8.98. The predicted octanol–water partition coefficient (Wildman–Crippen LogP) is -3.87. The number of phenolic OH excluding ortho intramolecular Hbond substituents is 1. The maximum Gasteiger partial charge on any atom is 0.337 e. The second-order valence-corrected chi connectivity index (χ2v) is 18.1. The number of methoxy groups -OCH3 is 2. The van der Waals surface area contributed by atoms with Gasteiger partial charge >= 0.3 is 29.8 Å². The van der Waals surface area contributed by atoms with E-state index in [1.54, 1.807) is 0 Å². The molecule has 0 bridgehead atoms. The van der Waals surface area contributed by atoms with Gasteiger partial charge in [0.05, 0.1) is 63.9 Å². The first-order valence-corrected chi connectivity index (χ1v) is 24.2. The van der Waals surface area contributed by atoms with Gasteiger partial charge in [-0.3, -0.25) is 14.4 Å². The van der Waals surface area contributed by atoms with Crippen LogP contribution in [0, 0.1) is 11.8 Å². The Hall–Kier alpha value is -5.67. The third kappa shape index (κ3) is 14.2. The molecule has 3 saturated heterocycles. The summed E-state index contributed by atoms with van der Waals surface area (Å²) < 4.78 is 66.0.